The molecule has 1 atom stereocenters. The topological polar surface area (TPSA) is 83.5 Å². The minimum Gasteiger partial charge on any atom is -0.741 e. The maximum absolute atomic E-state index is 13.4. The Hall–Kier alpha value is -2.61. The molecule has 3 rings (SSSR count). The van der Waals surface area contributed by atoms with Gasteiger partial charge in [0.2, 0.25) is 0 Å². The zero-order valence-corrected chi connectivity index (χ0v) is 23.3. The molecule has 0 saturated carbocycles. The van der Waals surface area contributed by atoms with E-state index in [2.05, 4.69) is 97.9 Å². The minimum absolute atomic E-state index is 0.0509. The Bertz CT molecular complexity index is 1110. The second-order valence-electron chi connectivity index (χ2n) is 8.04. The van der Waals surface area contributed by atoms with Crippen LogP contribution in [-0.4, -0.2) is 44.6 Å². The normalized spacial score (nSPS) is 12.7. The van der Waals surface area contributed by atoms with E-state index in [0.29, 0.717) is 6.61 Å². The van der Waals surface area contributed by atoms with Crippen molar-refractivity contribution in [2.24, 2.45) is 0 Å². The molecule has 0 aliphatic heterocycles. The van der Waals surface area contributed by atoms with Crippen LogP contribution in [0.3, 0.4) is 0 Å². The van der Waals surface area contributed by atoms with Gasteiger partial charge in [-0.15, -0.1) is 0 Å². The van der Waals surface area contributed by atoms with Crippen molar-refractivity contribution < 1.29 is 35.7 Å². The maximum atomic E-state index is 13.4. The van der Waals surface area contributed by atoms with E-state index in [1.165, 1.54) is 13.1 Å². The number of esters is 1. The number of rotatable bonds is 9. The Morgan fingerprint density at radius 1 is 0.838 bits per heavy atom. The summed E-state index contributed by atoms with van der Waals surface area (Å²) in [6, 6.07) is 32.0. The average molecular weight is 599 g/mol. The summed E-state index contributed by atoms with van der Waals surface area (Å²) in [4.78, 5) is 13.4. The third kappa shape index (κ3) is 7.69. The van der Waals surface area contributed by atoms with Crippen molar-refractivity contribution in [3.05, 3.63) is 91.0 Å². The summed E-state index contributed by atoms with van der Waals surface area (Å²) < 4.78 is 68.3. The van der Waals surface area contributed by atoms with Gasteiger partial charge in [0.15, 0.2) is 10.1 Å². The zero-order chi connectivity index (χ0) is 27.5. The van der Waals surface area contributed by atoms with Gasteiger partial charge in [-0.2, -0.15) is 13.2 Å². The monoisotopic (exact) mass is 598 g/mol. The van der Waals surface area contributed by atoms with Gasteiger partial charge in [0.1, 0.15) is 0 Å². The molecule has 0 bridgehead atoms. The van der Waals surface area contributed by atoms with Crippen LogP contribution in [0.4, 0.5) is 13.2 Å². The standard InChI is InChI=1S/C26H30AsO2.CHF3O3S/c1-3-5-21-25(26(28)29-4-2)27(22-15-9-6-10-16-22,23-17-11-7-12-18-23)24-19-13-8-14-20-24;2-1(3,4)8(5,6)7/h6-20,25H,3-5,21H2,1-2H3;(H,5,6,7)/q+1;/p-1. The number of carbonyl (C=O) groups excluding carboxylic acids is 1. The molecule has 37 heavy (non-hydrogen) atoms. The van der Waals surface area contributed by atoms with E-state index < -0.39 is 29.2 Å². The predicted molar refractivity (Wildman–Crippen MR) is 140 cm³/mol. The molecular weight excluding hydrogens is 568 g/mol. The summed E-state index contributed by atoms with van der Waals surface area (Å²) in [6.45, 7) is 4.49. The third-order valence-electron chi connectivity index (χ3n) is 5.63. The molecule has 3 aromatic carbocycles. The van der Waals surface area contributed by atoms with Crippen LogP contribution in [0.5, 0.6) is 0 Å². The largest absolute Gasteiger partial charge is 0.741 e. The first kappa shape index (κ1) is 30.6. The summed E-state index contributed by atoms with van der Waals surface area (Å²) in [5.74, 6) is -0.0509. The molecule has 0 aromatic heterocycles. The molecule has 0 amide bonds. The molecule has 200 valence electrons. The van der Waals surface area contributed by atoms with Crippen LogP contribution < -0.4 is 13.1 Å². The smallest absolute Gasteiger partial charge is 0.485 e. The first-order valence-electron chi connectivity index (χ1n) is 11.7. The van der Waals surface area contributed by atoms with Gasteiger partial charge in [-0.25, -0.2) is 8.42 Å². The van der Waals surface area contributed by atoms with Crippen molar-refractivity contribution in [2.75, 3.05) is 6.61 Å². The molecule has 10 heteroatoms. The van der Waals surface area contributed by atoms with Gasteiger partial charge < -0.3 is 4.55 Å². The van der Waals surface area contributed by atoms with E-state index >= 15 is 0 Å². The summed E-state index contributed by atoms with van der Waals surface area (Å²) in [6.07, 6.45) is 2.92. The van der Waals surface area contributed by atoms with Crippen LogP contribution in [0, 0.1) is 0 Å². The van der Waals surface area contributed by atoms with Gasteiger partial charge in [0, 0.05) is 0 Å². The number of ether oxygens (including phenoxy) is 1. The van der Waals surface area contributed by atoms with E-state index in [9.17, 15) is 18.0 Å². The average Bonchev–Trinajstić information content (AvgIpc) is 2.87. The summed E-state index contributed by atoms with van der Waals surface area (Å²) in [5.41, 5.74) is -5.65. The molecule has 0 N–H and O–H groups in total. The maximum Gasteiger partial charge on any atom is 0.485 e. The van der Waals surface area contributed by atoms with Crippen LogP contribution in [0.25, 0.3) is 0 Å². The first-order chi connectivity index (χ1) is 17.5. The summed E-state index contributed by atoms with van der Waals surface area (Å²) in [5, 5.41) is 0. The van der Waals surface area contributed by atoms with Crippen molar-refractivity contribution in [2.45, 2.75) is 43.3 Å². The van der Waals surface area contributed by atoms with E-state index in [1.54, 1.807) is 0 Å². The number of hydrogen-bond donors (Lipinski definition) is 0. The number of hydrogen-bond acceptors (Lipinski definition) is 5. The molecule has 0 heterocycles. The Morgan fingerprint density at radius 2 is 1.19 bits per heavy atom. The fourth-order valence-corrected chi connectivity index (χ4v) is 14.3. The van der Waals surface area contributed by atoms with Crippen LogP contribution in [0.15, 0.2) is 91.0 Å². The Balaban J connectivity index is 0.000000521. The second-order valence-corrected chi connectivity index (χ2v) is 17.0. The molecule has 0 spiro atoms. The van der Waals surface area contributed by atoms with Crippen LogP contribution in [0.1, 0.15) is 33.1 Å². The van der Waals surface area contributed by atoms with Crippen LogP contribution in [0.2, 0.25) is 4.71 Å². The Morgan fingerprint density at radius 3 is 1.46 bits per heavy atom. The number of benzene rings is 3. The Labute approximate surface area is 218 Å². The van der Waals surface area contributed by atoms with E-state index in [1.807, 2.05) is 6.92 Å². The molecule has 0 aliphatic carbocycles. The first-order valence-corrected chi connectivity index (χ1v) is 17.0. The number of carbonyl (C=O) groups is 1. The fraction of sp³-hybridized carbons (Fsp3) is 0.296. The quantitative estimate of drug-likeness (QED) is 0.159. The van der Waals surface area contributed by atoms with Gasteiger partial charge in [-0.1, -0.05) is 0 Å². The van der Waals surface area contributed by atoms with Crippen LogP contribution in [-0.2, 0) is 19.6 Å². The van der Waals surface area contributed by atoms with Crippen molar-refractivity contribution in [3.8, 4) is 0 Å². The van der Waals surface area contributed by atoms with Crippen LogP contribution >= 0.6 is 0 Å². The Kier molecular flexibility index (Phi) is 11.4. The molecule has 0 saturated heterocycles. The summed E-state index contributed by atoms with van der Waals surface area (Å²) >= 11 is -3.15. The van der Waals surface area contributed by atoms with E-state index in [-0.39, 0.29) is 10.7 Å². The number of unbranched alkanes of at least 4 members (excludes halogenated alkanes) is 1. The third-order valence-corrected chi connectivity index (χ3v) is 16.1. The molecular formula is C27H30AsF3O5S. The summed E-state index contributed by atoms with van der Waals surface area (Å²) in [7, 11) is -6.09. The zero-order valence-electron chi connectivity index (χ0n) is 20.6. The molecule has 3 aromatic rings. The predicted octanol–water partition coefficient (Wildman–Crippen LogP) is 4.33. The van der Waals surface area contributed by atoms with E-state index in [4.69, 9.17) is 17.7 Å². The van der Waals surface area contributed by atoms with E-state index in [0.717, 1.165) is 19.3 Å². The molecule has 0 aliphatic rings. The van der Waals surface area contributed by atoms with Crippen molar-refractivity contribution in [1.82, 2.24) is 0 Å². The molecule has 0 radical (unpaired) electrons. The van der Waals surface area contributed by atoms with Gasteiger partial charge >= 0.3 is 183 Å². The number of alkyl halides is 3. The van der Waals surface area contributed by atoms with Gasteiger partial charge in [0.05, 0.1) is 0 Å². The van der Waals surface area contributed by atoms with Gasteiger partial charge in [-0.3, -0.25) is 0 Å². The van der Waals surface area contributed by atoms with Gasteiger partial charge in [0.25, 0.3) is 0 Å². The van der Waals surface area contributed by atoms with Crippen molar-refractivity contribution >= 4 is 42.7 Å². The minimum atomic E-state index is -6.09. The second kappa shape index (κ2) is 13.8. The molecule has 1 unspecified atom stereocenters. The van der Waals surface area contributed by atoms with Crippen molar-refractivity contribution in [1.29, 1.82) is 0 Å². The van der Waals surface area contributed by atoms with Crippen molar-refractivity contribution in [3.63, 3.8) is 0 Å². The SMILES string of the molecule is CCCCC(C(=O)OCC)[As+](c1ccccc1)(c1ccccc1)c1ccccc1.O=S(=O)([O-])C(F)(F)F. The molecule has 5 nitrogen and oxygen atoms in total. The fourth-order valence-electron chi connectivity index (χ4n) is 4.08. The number of halogens is 3. The molecule has 0 fully saturated rings. The van der Waals surface area contributed by atoms with Gasteiger partial charge in [-0.05, 0) is 0 Å².